The summed E-state index contributed by atoms with van der Waals surface area (Å²) < 4.78 is 5.46. The number of hydrogen-bond donors (Lipinski definition) is 0. The Balaban J connectivity index is 1.59. The summed E-state index contributed by atoms with van der Waals surface area (Å²) in [6.45, 7) is 10.6. The van der Waals surface area contributed by atoms with Gasteiger partial charge in [-0.3, -0.25) is 9.80 Å². The number of hydrogen-bond acceptors (Lipinski definition) is 5. The maximum atomic E-state index is 5.46. The lowest BCUT2D eigenvalue weighted by Gasteiger charge is -2.35. The van der Waals surface area contributed by atoms with Gasteiger partial charge in [0.1, 0.15) is 5.01 Å². The molecule has 0 aromatic carbocycles. The van der Waals surface area contributed by atoms with Gasteiger partial charge < -0.3 is 4.74 Å². The zero-order valence-electron chi connectivity index (χ0n) is 11.8. The van der Waals surface area contributed by atoms with Crippen LogP contribution in [-0.4, -0.2) is 59.7 Å². The summed E-state index contributed by atoms with van der Waals surface area (Å²) in [4.78, 5) is 9.78. The van der Waals surface area contributed by atoms with Crippen molar-refractivity contribution in [2.24, 2.45) is 0 Å². The second kappa shape index (κ2) is 5.87. The van der Waals surface area contributed by atoms with Gasteiger partial charge >= 0.3 is 0 Å². The Morgan fingerprint density at radius 3 is 2.84 bits per heavy atom. The fourth-order valence-electron chi connectivity index (χ4n) is 3.26. The maximum absolute atomic E-state index is 5.46. The van der Waals surface area contributed by atoms with Crippen LogP contribution < -0.4 is 0 Å². The van der Waals surface area contributed by atoms with Crippen LogP contribution in [0.1, 0.15) is 24.0 Å². The molecule has 3 rings (SSSR count). The SMILES string of the molecule is Cc1csc(CN2CC[C@@H](N3CCOCC3)[C@H]2C)n1. The lowest BCUT2D eigenvalue weighted by Crippen LogP contribution is -2.48. The van der Waals surface area contributed by atoms with Crippen molar-refractivity contribution < 1.29 is 4.74 Å². The Morgan fingerprint density at radius 1 is 1.37 bits per heavy atom. The fraction of sp³-hybridized carbons (Fsp3) is 0.786. The van der Waals surface area contributed by atoms with Crippen molar-refractivity contribution in [1.29, 1.82) is 0 Å². The van der Waals surface area contributed by atoms with Crippen LogP contribution in [0.25, 0.3) is 0 Å². The molecule has 5 heteroatoms. The molecule has 2 saturated heterocycles. The molecule has 0 radical (unpaired) electrons. The van der Waals surface area contributed by atoms with Gasteiger partial charge in [0.2, 0.25) is 0 Å². The minimum Gasteiger partial charge on any atom is -0.379 e. The molecular formula is C14H23N3OS. The molecule has 2 atom stereocenters. The van der Waals surface area contributed by atoms with Gasteiger partial charge in [0.25, 0.3) is 0 Å². The van der Waals surface area contributed by atoms with Crippen LogP contribution in [0.3, 0.4) is 0 Å². The van der Waals surface area contributed by atoms with Crippen molar-refractivity contribution in [1.82, 2.24) is 14.8 Å². The van der Waals surface area contributed by atoms with E-state index in [-0.39, 0.29) is 0 Å². The molecule has 2 aliphatic heterocycles. The first-order chi connectivity index (χ1) is 9.24. The van der Waals surface area contributed by atoms with Gasteiger partial charge in [-0.05, 0) is 20.3 Å². The van der Waals surface area contributed by atoms with E-state index in [0.29, 0.717) is 12.1 Å². The Bertz CT molecular complexity index is 417. The van der Waals surface area contributed by atoms with Crippen molar-refractivity contribution in [3.05, 3.63) is 16.1 Å². The normalized spacial score (nSPS) is 30.0. The van der Waals surface area contributed by atoms with Crippen molar-refractivity contribution in [2.45, 2.75) is 38.9 Å². The third-order valence-electron chi connectivity index (χ3n) is 4.36. The maximum Gasteiger partial charge on any atom is 0.107 e. The van der Waals surface area contributed by atoms with Crippen LogP contribution in [-0.2, 0) is 11.3 Å². The number of aryl methyl sites for hydroxylation is 1. The van der Waals surface area contributed by atoms with Gasteiger partial charge in [0, 0.05) is 42.8 Å². The molecule has 2 aliphatic rings. The van der Waals surface area contributed by atoms with E-state index in [2.05, 4.69) is 34.0 Å². The second-order valence-electron chi connectivity index (χ2n) is 5.60. The van der Waals surface area contributed by atoms with Crippen LogP contribution in [0.2, 0.25) is 0 Å². The summed E-state index contributed by atoms with van der Waals surface area (Å²) in [5.74, 6) is 0. The zero-order valence-corrected chi connectivity index (χ0v) is 12.7. The number of likely N-dealkylation sites (tertiary alicyclic amines) is 1. The first-order valence-electron chi connectivity index (χ1n) is 7.21. The van der Waals surface area contributed by atoms with E-state index < -0.39 is 0 Å². The Morgan fingerprint density at radius 2 is 2.16 bits per heavy atom. The molecule has 4 nitrogen and oxygen atoms in total. The Kier molecular flexibility index (Phi) is 4.17. The van der Waals surface area contributed by atoms with Crippen LogP contribution >= 0.6 is 11.3 Å². The number of nitrogens with zero attached hydrogens (tertiary/aromatic N) is 3. The molecule has 3 heterocycles. The fourth-order valence-corrected chi connectivity index (χ4v) is 4.05. The van der Waals surface area contributed by atoms with Crippen molar-refractivity contribution in [3.63, 3.8) is 0 Å². The molecule has 0 bridgehead atoms. The largest absolute Gasteiger partial charge is 0.379 e. The average molecular weight is 281 g/mol. The molecule has 0 unspecified atom stereocenters. The minimum absolute atomic E-state index is 0.627. The second-order valence-corrected chi connectivity index (χ2v) is 6.54. The van der Waals surface area contributed by atoms with E-state index in [0.717, 1.165) is 38.5 Å². The lowest BCUT2D eigenvalue weighted by molar-refractivity contribution is 0.00983. The smallest absolute Gasteiger partial charge is 0.107 e. The van der Waals surface area contributed by atoms with E-state index in [1.807, 2.05) is 0 Å². The molecule has 1 aromatic heterocycles. The monoisotopic (exact) mass is 281 g/mol. The molecule has 0 N–H and O–H groups in total. The Labute approximate surface area is 119 Å². The Hall–Kier alpha value is -0.490. The van der Waals surface area contributed by atoms with E-state index in [1.165, 1.54) is 18.0 Å². The molecular weight excluding hydrogens is 258 g/mol. The average Bonchev–Trinajstić information content (AvgIpc) is 2.99. The van der Waals surface area contributed by atoms with Gasteiger partial charge in [0.05, 0.1) is 19.8 Å². The highest BCUT2D eigenvalue weighted by molar-refractivity contribution is 7.09. The van der Waals surface area contributed by atoms with Crippen LogP contribution in [0.4, 0.5) is 0 Å². The summed E-state index contributed by atoms with van der Waals surface area (Å²) >= 11 is 1.79. The number of ether oxygens (including phenoxy) is 1. The van der Waals surface area contributed by atoms with Crippen molar-refractivity contribution in [2.75, 3.05) is 32.8 Å². The van der Waals surface area contributed by atoms with E-state index >= 15 is 0 Å². The van der Waals surface area contributed by atoms with Crippen molar-refractivity contribution >= 4 is 11.3 Å². The number of aromatic nitrogens is 1. The first kappa shape index (κ1) is 13.5. The molecule has 19 heavy (non-hydrogen) atoms. The first-order valence-corrected chi connectivity index (χ1v) is 8.09. The quantitative estimate of drug-likeness (QED) is 0.844. The summed E-state index contributed by atoms with van der Waals surface area (Å²) in [7, 11) is 0. The van der Waals surface area contributed by atoms with Crippen LogP contribution in [0.15, 0.2) is 5.38 Å². The standard InChI is InChI=1S/C14H23N3OS/c1-11-10-19-14(15-11)9-17-4-3-13(12(17)2)16-5-7-18-8-6-16/h10,12-13H,3-9H2,1-2H3/t12-,13-/m1/s1. The van der Waals surface area contributed by atoms with Crippen LogP contribution in [0.5, 0.6) is 0 Å². The molecule has 0 aliphatic carbocycles. The molecule has 106 valence electrons. The number of rotatable bonds is 3. The van der Waals surface area contributed by atoms with Gasteiger partial charge in [-0.1, -0.05) is 0 Å². The number of morpholine rings is 1. The molecule has 2 fully saturated rings. The minimum atomic E-state index is 0.627. The van der Waals surface area contributed by atoms with Crippen LogP contribution in [0, 0.1) is 6.92 Å². The molecule has 0 amide bonds. The van der Waals surface area contributed by atoms with E-state index in [9.17, 15) is 0 Å². The predicted molar refractivity (Wildman–Crippen MR) is 77.5 cm³/mol. The highest BCUT2D eigenvalue weighted by atomic mass is 32.1. The van der Waals surface area contributed by atoms with Crippen molar-refractivity contribution in [3.8, 4) is 0 Å². The van der Waals surface area contributed by atoms with Gasteiger partial charge in [-0.15, -0.1) is 11.3 Å². The van der Waals surface area contributed by atoms with Gasteiger partial charge in [-0.25, -0.2) is 4.98 Å². The van der Waals surface area contributed by atoms with E-state index in [4.69, 9.17) is 4.74 Å². The highest BCUT2D eigenvalue weighted by Gasteiger charge is 2.35. The van der Waals surface area contributed by atoms with Gasteiger partial charge in [-0.2, -0.15) is 0 Å². The molecule has 1 aromatic rings. The van der Waals surface area contributed by atoms with E-state index in [1.54, 1.807) is 11.3 Å². The predicted octanol–water partition coefficient (Wildman–Crippen LogP) is 1.75. The highest BCUT2D eigenvalue weighted by Crippen LogP contribution is 2.26. The number of thiazole rings is 1. The summed E-state index contributed by atoms with van der Waals surface area (Å²) in [6, 6.07) is 1.33. The molecule has 0 spiro atoms. The summed E-state index contributed by atoms with van der Waals surface area (Å²) in [5.41, 5.74) is 1.15. The summed E-state index contributed by atoms with van der Waals surface area (Å²) in [6.07, 6.45) is 1.28. The summed E-state index contributed by atoms with van der Waals surface area (Å²) in [5, 5.41) is 3.40. The topological polar surface area (TPSA) is 28.6 Å². The zero-order chi connectivity index (χ0) is 13.2. The third kappa shape index (κ3) is 2.99. The third-order valence-corrected chi connectivity index (χ3v) is 5.32. The van der Waals surface area contributed by atoms with Gasteiger partial charge in [0.15, 0.2) is 0 Å². The lowest BCUT2D eigenvalue weighted by atomic mass is 10.1. The molecule has 0 saturated carbocycles.